The second-order valence-corrected chi connectivity index (χ2v) is 13.6. The van der Waals surface area contributed by atoms with Crippen molar-refractivity contribution >= 4 is 103 Å². The molecule has 39 heavy (non-hydrogen) atoms. The zero-order valence-corrected chi connectivity index (χ0v) is 25.9. The number of rotatable bonds is 3. The van der Waals surface area contributed by atoms with Gasteiger partial charge in [0.1, 0.15) is 5.75 Å². The van der Waals surface area contributed by atoms with Crippen molar-refractivity contribution in [3.05, 3.63) is 68.3 Å². The van der Waals surface area contributed by atoms with Crippen LogP contribution in [0.5, 0.6) is 5.75 Å². The molecular weight excluding hydrogens is 745 g/mol. The average molecular weight is 765 g/mol. The fourth-order valence-corrected chi connectivity index (χ4v) is 8.75. The number of carbonyl (C=O) groups excluding carboxylic acids is 4. The molecule has 4 amide bonds. The second kappa shape index (κ2) is 9.44. The molecule has 2 aliphatic heterocycles. The van der Waals surface area contributed by atoms with Gasteiger partial charge in [-0.1, -0.05) is 45.2 Å². The van der Waals surface area contributed by atoms with Crippen molar-refractivity contribution in [1.29, 1.82) is 0 Å². The van der Waals surface area contributed by atoms with E-state index in [2.05, 4.69) is 38.5 Å². The highest BCUT2D eigenvalue weighted by Gasteiger charge is 2.76. The van der Waals surface area contributed by atoms with E-state index in [0.29, 0.717) is 16.8 Å². The van der Waals surface area contributed by atoms with Crippen LogP contribution in [-0.4, -0.2) is 48.8 Å². The molecule has 0 bridgehead atoms. The van der Waals surface area contributed by atoms with Crippen molar-refractivity contribution in [3.63, 3.8) is 0 Å². The molecule has 0 spiro atoms. The number of phenols is 1. The van der Waals surface area contributed by atoms with Gasteiger partial charge in [0.2, 0.25) is 11.8 Å². The number of aromatic hydroxyl groups is 1. The van der Waals surface area contributed by atoms with E-state index >= 15 is 0 Å². The van der Waals surface area contributed by atoms with Gasteiger partial charge in [0, 0.05) is 14.5 Å². The molecule has 2 aromatic rings. The van der Waals surface area contributed by atoms with Crippen LogP contribution in [0.4, 0.5) is 5.69 Å². The minimum atomic E-state index is -1.95. The maximum absolute atomic E-state index is 14.0. The van der Waals surface area contributed by atoms with Crippen LogP contribution in [0.25, 0.3) is 0 Å². The standard InChI is InChI=1S/C27H19BrCl3IN2O5/c28-11-33-24(38)26(30)10-18-15(21(27(26,31)25(33)39)16-6-5-14(35)9-19(16)29)7-8-17-20(18)23(37)34(22(17)36)13-3-1-12(32)2-4-13/h1-7,9,17-18,20-21,35H,8,10-11H2/t17-,18+,20-,21+,26+,27-/m0/s1. The van der Waals surface area contributed by atoms with Crippen molar-refractivity contribution in [1.82, 2.24) is 4.90 Å². The first-order valence-corrected chi connectivity index (χ1v) is 15.4. The number of nitrogens with zero attached hydrogens (tertiary/aromatic N) is 2. The lowest BCUT2D eigenvalue weighted by atomic mass is 9.56. The SMILES string of the molecule is O=C1[C@H]2[C@H](CC=C3[C@H]2C[C@@]2(Cl)C(=O)N(CBr)C(=O)[C@@]2(Cl)[C@H]3c2ccc(O)cc2Cl)C(=O)N1c1ccc(I)cc1. The molecule has 6 rings (SSSR count). The van der Waals surface area contributed by atoms with Gasteiger partial charge in [-0.3, -0.25) is 29.0 Å². The van der Waals surface area contributed by atoms with Crippen LogP contribution >= 0.6 is 73.3 Å². The van der Waals surface area contributed by atoms with Crippen LogP contribution in [0.15, 0.2) is 54.1 Å². The maximum atomic E-state index is 14.0. The van der Waals surface area contributed by atoms with Crippen molar-refractivity contribution in [3.8, 4) is 5.75 Å². The van der Waals surface area contributed by atoms with E-state index in [-0.39, 0.29) is 40.9 Å². The summed E-state index contributed by atoms with van der Waals surface area (Å²) < 4.78 is 0.959. The molecule has 2 aliphatic carbocycles. The van der Waals surface area contributed by atoms with Gasteiger partial charge in [-0.05, 0) is 83.3 Å². The van der Waals surface area contributed by atoms with Gasteiger partial charge >= 0.3 is 0 Å². The normalized spacial score (nSPS) is 33.7. The third-order valence-electron chi connectivity index (χ3n) is 8.39. The number of phenolic OH excluding ortho intramolecular Hbond substituents is 1. The fourth-order valence-electron chi connectivity index (χ4n) is 6.69. The van der Waals surface area contributed by atoms with Gasteiger partial charge in [0.15, 0.2) is 9.75 Å². The molecule has 7 nitrogen and oxygen atoms in total. The summed E-state index contributed by atoms with van der Waals surface area (Å²) in [5.41, 5.74) is 1.39. The zero-order valence-electron chi connectivity index (χ0n) is 19.9. The third-order valence-corrected chi connectivity index (χ3v) is 11.4. The summed E-state index contributed by atoms with van der Waals surface area (Å²) in [7, 11) is 0. The first-order valence-electron chi connectivity index (χ1n) is 12.1. The van der Waals surface area contributed by atoms with Crippen LogP contribution in [-0.2, 0) is 19.2 Å². The molecular formula is C27H19BrCl3IN2O5. The number of amides is 4. The van der Waals surface area contributed by atoms with Gasteiger partial charge in [-0.15, -0.1) is 23.2 Å². The number of alkyl halides is 3. The Hall–Kier alpha value is -1.66. The number of likely N-dealkylation sites (tertiary alicyclic amines) is 1. The van der Waals surface area contributed by atoms with E-state index in [1.807, 2.05) is 18.2 Å². The van der Waals surface area contributed by atoms with E-state index in [0.717, 1.165) is 8.47 Å². The molecule has 2 aromatic carbocycles. The number of anilines is 1. The molecule has 2 saturated heterocycles. The number of halogens is 5. The summed E-state index contributed by atoms with van der Waals surface area (Å²) in [6, 6.07) is 11.4. The Morgan fingerprint density at radius 3 is 2.33 bits per heavy atom. The first-order chi connectivity index (χ1) is 18.5. The van der Waals surface area contributed by atoms with E-state index in [1.54, 1.807) is 18.2 Å². The average Bonchev–Trinajstić information content (AvgIpc) is 3.23. The molecule has 1 N–H and O–H groups in total. The third kappa shape index (κ3) is 3.65. The van der Waals surface area contributed by atoms with Crippen LogP contribution in [0.2, 0.25) is 5.02 Å². The van der Waals surface area contributed by atoms with Crippen molar-refractivity contribution in [2.24, 2.45) is 17.8 Å². The van der Waals surface area contributed by atoms with Crippen molar-refractivity contribution < 1.29 is 24.3 Å². The van der Waals surface area contributed by atoms with Gasteiger partial charge < -0.3 is 5.11 Å². The predicted molar refractivity (Wildman–Crippen MR) is 158 cm³/mol. The molecule has 12 heteroatoms. The number of hydrogen-bond donors (Lipinski definition) is 1. The summed E-state index contributed by atoms with van der Waals surface area (Å²) >= 11 is 26.3. The Balaban J connectivity index is 1.53. The molecule has 2 heterocycles. The highest BCUT2D eigenvalue weighted by Crippen LogP contribution is 2.66. The van der Waals surface area contributed by atoms with Crippen LogP contribution in [0.3, 0.4) is 0 Å². The summed E-state index contributed by atoms with van der Waals surface area (Å²) in [4.78, 5) is 53.3. The van der Waals surface area contributed by atoms with E-state index in [4.69, 9.17) is 34.8 Å². The summed E-state index contributed by atoms with van der Waals surface area (Å²) in [5, 5.41) is 10.1. The molecule has 0 radical (unpaired) electrons. The second-order valence-electron chi connectivity index (χ2n) is 10.2. The lowest BCUT2D eigenvalue weighted by molar-refractivity contribution is -0.138. The highest BCUT2D eigenvalue weighted by molar-refractivity contribution is 14.1. The Kier molecular flexibility index (Phi) is 6.66. The smallest absolute Gasteiger partial charge is 0.254 e. The van der Waals surface area contributed by atoms with Crippen LogP contribution in [0, 0.1) is 21.3 Å². The number of hydrogen-bond acceptors (Lipinski definition) is 5. The van der Waals surface area contributed by atoms with Gasteiger partial charge in [0.25, 0.3) is 11.8 Å². The quantitative estimate of drug-likeness (QED) is 0.145. The van der Waals surface area contributed by atoms with Gasteiger partial charge in [0.05, 0.1) is 23.0 Å². The monoisotopic (exact) mass is 762 g/mol. The molecule has 6 atom stereocenters. The molecule has 202 valence electrons. The minimum Gasteiger partial charge on any atom is -0.508 e. The van der Waals surface area contributed by atoms with E-state index < -0.39 is 45.2 Å². The lowest BCUT2D eigenvalue weighted by Gasteiger charge is -2.51. The summed E-state index contributed by atoms with van der Waals surface area (Å²) in [5.74, 6) is -5.22. The first kappa shape index (κ1) is 27.5. The highest BCUT2D eigenvalue weighted by atomic mass is 127. The number of imide groups is 2. The lowest BCUT2D eigenvalue weighted by Crippen LogP contribution is -2.60. The Morgan fingerprint density at radius 1 is 1.00 bits per heavy atom. The van der Waals surface area contributed by atoms with Crippen molar-refractivity contribution in [2.75, 3.05) is 10.4 Å². The van der Waals surface area contributed by atoms with E-state index in [9.17, 15) is 24.3 Å². The Labute approximate surface area is 260 Å². The number of fused-ring (bicyclic) bond motifs is 4. The Morgan fingerprint density at radius 2 is 1.69 bits per heavy atom. The molecule has 4 aliphatic rings. The molecule has 0 aromatic heterocycles. The molecule has 3 fully saturated rings. The largest absolute Gasteiger partial charge is 0.508 e. The summed E-state index contributed by atoms with van der Waals surface area (Å²) in [6.45, 7) is 0. The van der Waals surface area contributed by atoms with Gasteiger partial charge in [-0.2, -0.15) is 0 Å². The van der Waals surface area contributed by atoms with Crippen molar-refractivity contribution in [2.45, 2.75) is 28.5 Å². The minimum absolute atomic E-state index is 0.0878. The molecule has 0 unspecified atom stereocenters. The number of allylic oxidation sites excluding steroid dienone is 2. The number of benzene rings is 2. The number of carbonyl (C=O) groups is 4. The fraction of sp³-hybridized carbons (Fsp3) is 0.333. The van der Waals surface area contributed by atoms with Crippen LogP contribution < -0.4 is 4.90 Å². The van der Waals surface area contributed by atoms with Gasteiger partial charge in [-0.25, -0.2) is 0 Å². The predicted octanol–water partition coefficient (Wildman–Crippen LogP) is 5.57. The van der Waals surface area contributed by atoms with Crippen LogP contribution in [0.1, 0.15) is 24.3 Å². The molecule has 1 saturated carbocycles. The maximum Gasteiger partial charge on any atom is 0.254 e. The Bertz CT molecular complexity index is 1500. The zero-order chi connectivity index (χ0) is 28.0. The summed E-state index contributed by atoms with van der Waals surface area (Å²) in [6.07, 6.45) is 1.99. The van der Waals surface area contributed by atoms with E-state index in [1.165, 1.54) is 17.0 Å². The topological polar surface area (TPSA) is 95.0 Å².